The molecule has 2 aliphatic rings. The average Bonchev–Trinajstić information content (AvgIpc) is 2.89. The molecule has 2 fully saturated rings. The van der Waals surface area contributed by atoms with E-state index in [0.717, 1.165) is 37.0 Å². The molecule has 0 aromatic heterocycles. The van der Waals surface area contributed by atoms with Crippen LogP contribution in [0.1, 0.15) is 110 Å². The lowest BCUT2D eigenvalue weighted by Crippen LogP contribution is -2.25. The number of rotatable bonds is 14. The largest absolute Gasteiger partial charge is 0.490 e. The first-order valence-electron chi connectivity index (χ1n) is 14.5. The fraction of sp³-hybridized carbons (Fsp3) is 0.742. The fourth-order valence-electron chi connectivity index (χ4n) is 6.10. The van der Waals surface area contributed by atoms with Gasteiger partial charge < -0.3 is 9.47 Å². The number of ether oxygens (including phenoxy) is 2. The van der Waals surface area contributed by atoms with Gasteiger partial charge in [0.1, 0.15) is 6.61 Å². The van der Waals surface area contributed by atoms with E-state index in [1.807, 2.05) is 6.08 Å². The van der Waals surface area contributed by atoms with Crippen LogP contribution in [0, 0.1) is 35.3 Å². The summed E-state index contributed by atoms with van der Waals surface area (Å²) in [6.45, 7) is 5.04. The number of hydrogen-bond acceptors (Lipinski definition) is 2. The molecule has 0 heterocycles. The van der Waals surface area contributed by atoms with Gasteiger partial charge in [-0.3, -0.25) is 0 Å². The monoisotopic (exact) mass is 490 g/mol. The molecule has 0 bridgehead atoms. The molecule has 0 N–H and O–H groups in total. The summed E-state index contributed by atoms with van der Waals surface area (Å²) in [5.41, 5.74) is 0. The Hall–Kier alpha value is -1.58. The first-order chi connectivity index (χ1) is 17.1. The molecule has 0 spiro atoms. The second-order valence-corrected chi connectivity index (χ2v) is 10.9. The van der Waals surface area contributed by atoms with Gasteiger partial charge in [-0.2, -0.15) is 8.78 Å². The Kier molecular flexibility index (Phi) is 12.4. The summed E-state index contributed by atoms with van der Waals surface area (Å²) in [6.07, 6.45) is 23.6. The lowest BCUT2D eigenvalue weighted by Gasteiger charge is -2.37. The lowest BCUT2D eigenvalue weighted by atomic mass is 9.68. The third-order valence-electron chi connectivity index (χ3n) is 8.35. The molecule has 2 saturated carbocycles. The maximum Gasteiger partial charge on any atom is 0.204 e. The van der Waals surface area contributed by atoms with Crippen LogP contribution in [0.15, 0.2) is 24.3 Å². The average molecular weight is 491 g/mol. The first kappa shape index (κ1) is 28.0. The molecule has 0 amide bonds. The summed E-state index contributed by atoms with van der Waals surface area (Å²) in [5, 5.41) is 0. The van der Waals surface area contributed by atoms with Gasteiger partial charge in [-0.25, -0.2) is 0 Å². The van der Waals surface area contributed by atoms with E-state index in [0.29, 0.717) is 12.5 Å². The van der Waals surface area contributed by atoms with Gasteiger partial charge in [-0.05, 0) is 80.8 Å². The Morgan fingerprint density at radius 1 is 0.743 bits per heavy atom. The number of unbranched alkanes of at least 4 members (excludes halogenated alkanes) is 4. The molecule has 3 rings (SSSR count). The summed E-state index contributed by atoms with van der Waals surface area (Å²) >= 11 is 0. The van der Waals surface area contributed by atoms with E-state index in [9.17, 15) is 8.78 Å². The van der Waals surface area contributed by atoms with E-state index in [4.69, 9.17) is 9.47 Å². The van der Waals surface area contributed by atoms with E-state index < -0.39 is 11.6 Å². The highest BCUT2D eigenvalue weighted by Gasteiger charge is 2.30. The van der Waals surface area contributed by atoms with Gasteiger partial charge in [-0.15, -0.1) is 0 Å². The van der Waals surface area contributed by atoms with Crippen molar-refractivity contribution < 1.29 is 18.3 Å². The number of hydrogen-bond donors (Lipinski definition) is 0. The van der Waals surface area contributed by atoms with Crippen molar-refractivity contribution in [2.45, 2.75) is 110 Å². The third kappa shape index (κ3) is 9.10. The van der Waals surface area contributed by atoms with Gasteiger partial charge in [-0.1, -0.05) is 77.4 Å². The van der Waals surface area contributed by atoms with E-state index >= 15 is 0 Å². The zero-order valence-corrected chi connectivity index (χ0v) is 22.2. The minimum absolute atomic E-state index is 0.0387. The lowest BCUT2D eigenvalue weighted by molar-refractivity contribution is 0.151. The number of halogens is 2. The zero-order chi connectivity index (χ0) is 24.9. The summed E-state index contributed by atoms with van der Waals surface area (Å²) in [5.74, 6) is 1.41. The summed E-state index contributed by atoms with van der Waals surface area (Å²) in [7, 11) is 0. The van der Waals surface area contributed by atoms with Crippen molar-refractivity contribution in [2.24, 2.45) is 23.7 Å². The van der Waals surface area contributed by atoms with Gasteiger partial charge in [0.05, 0.1) is 6.61 Å². The van der Waals surface area contributed by atoms with E-state index in [2.05, 4.69) is 19.9 Å². The summed E-state index contributed by atoms with van der Waals surface area (Å²) in [4.78, 5) is 0. The van der Waals surface area contributed by atoms with Gasteiger partial charge in [0.2, 0.25) is 11.6 Å². The van der Waals surface area contributed by atoms with Crippen molar-refractivity contribution in [1.82, 2.24) is 0 Å². The second kappa shape index (κ2) is 15.5. The molecule has 0 radical (unpaired) electrons. The van der Waals surface area contributed by atoms with Crippen molar-refractivity contribution in [3.8, 4) is 11.5 Å². The van der Waals surface area contributed by atoms with Crippen LogP contribution in [-0.4, -0.2) is 13.2 Å². The Bertz CT molecular complexity index is 747. The van der Waals surface area contributed by atoms with Gasteiger partial charge in [0.25, 0.3) is 0 Å². The van der Waals surface area contributed by atoms with E-state index in [-0.39, 0.29) is 18.1 Å². The fourth-order valence-corrected chi connectivity index (χ4v) is 6.10. The highest BCUT2D eigenvalue weighted by atomic mass is 19.2. The van der Waals surface area contributed by atoms with Crippen molar-refractivity contribution in [3.63, 3.8) is 0 Å². The second-order valence-electron chi connectivity index (χ2n) is 10.9. The molecule has 0 unspecified atom stereocenters. The smallest absolute Gasteiger partial charge is 0.204 e. The van der Waals surface area contributed by atoms with E-state index in [1.165, 1.54) is 89.2 Å². The molecule has 4 heteroatoms. The predicted octanol–water partition coefficient (Wildman–Crippen LogP) is 9.66. The van der Waals surface area contributed by atoms with Crippen LogP contribution in [-0.2, 0) is 0 Å². The standard InChI is InChI=1S/C31H48F2O2/c1-3-5-7-10-24-12-16-26(17-13-24)27-18-14-25(15-19-27)11-9-23-35-29-21-20-28(30(32)31(29)33)34-22-8-6-4-2/h9,11,20-21,24-27H,3-8,10,12-19,22-23H2,1-2H3/b11-9+. The Labute approximate surface area is 212 Å². The van der Waals surface area contributed by atoms with Crippen LogP contribution in [0.3, 0.4) is 0 Å². The van der Waals surface area contributed by atoms with Crippen molar-refractivity contribution in [2.75, 3.05) is 13.2 Å². The molecule has 1 aromatic carbocycles. The van der Waals surface area contributed by atoms with Crippen LogP contribution in [0.5, 0.6) is 11.5 Å². The molecule has 2 nitrogen and oxygen atoms in total. The third-order valence-corrected chi connectivity index (χ3v) is 8.35. The molecule has 198 valence electrons. The Morgan fingerprint density at radius 2 is 1.31 bits per heavy atom. The van der Waals surface area contributed by atoms with Gasteiger partial charge in [0.15, 0.2) is 11.5 Å². The minimum atomic E-state index is -0.966. The maximum atomic E-state index is 14.3. The maximum absolute atomic E-state index is 14.3. The summed E-state index contributed by atoms with van der Waals surface area (Å²) < 4.78 is 39.5. The highest BCUT2D eigenvalue weighted by molar-refractivity contribution is 5.35. The van der Waals surface area contributed by atoms with Crippen molar-refractivity contribution in [1.29, 1.82) is 0 Å². The van der Waals surface area contributed by atoms with Crippen LogP contribution in [0.4, 0.5) is 8.78 Å². The topological polar surface area (TPSA) is 18.5 Å². The normalized spacial score (nSPS) is 25.1. The van der Waals surface area contributed by atoms with E-state index in [1.54, 1.807) is 0 Å². The highest BCUT2D eigenvalue weighted by Crippen LogP contribution is 2.42. The predicted molar refractivity (Wildman–Crippen MR) is 141 cm³/mol. The number of benzene rings is 1. The quantitative estimate of drug-likeness (QED) is 0.191. The molecular formula is C31H48F2O2. The number of allylic oxidation sites excluding steroid dienone is 1. The van der Waals surface area contributed by atoms with Crippen LogP contribution in [0.25, 0.3) is 0 Å². The van der Waals surface area contributed by atoms with Crippen molar-refractivity contribution >= 4 is 0 Å². The zero-order valence-electron chi connectivity index (χ0n) is 22.2. The first-order valence-corrected chi connectivity index (χ1v) is 14.5. The molecule has 2 aliphatic carbocycles. The molecular weight excluding hydrogens is 442 g/mol. The molecule has 0 aliphatic heterocycles. The van der Waals surface area contributed by atoms with Gasteiger partial charge in [0, 0.05) is 0 Å². The van der Waals surface area contributed by atoms with Crippen LogP contribution < -0.4 is 9.47 Å². The van der Waals surface area contributed by atoms with Gasteiger partial charge >= 0.3 is 0 Å². The molecule has 0 atom stereocenters. The SMILES string of the molecule is CCCCCOc1ccc(OC/C=C/C2CCC(C3CCC(CCCCC)CC3)CC2)c(F)c1F. The molecule has 35 heavy (non-hydrogen) atoms. The Balaban J connectivity index is 1.33. The van der Waals surface area contributed by atoms with Crippen LogP contribution >= 0.6 is 0 Å². The summed E-state index contributed by atoms with van der Waals surface area (Å²) in [6, 6.07) is 2.93. The van der Waals surface area contributed by atoms with Crippen molar-refractivity contribution in [3.05, 3.63) is 35.9 Å². The van der Waals surface area contributed by atoms with Crippen LogP contribution in [0.2, 0.25) is 0 Å². The minimum Gasteiger partial charge on any atom is -0.490 e. The molecule has 1 aromatic rings. The Morgan fingerprint density at radius 3 is 1.94 bits per heavy atom. The molecule has 0 saturated heterocycles.